The van der Waals surface area contributed by atoms with Crippen LogP contribution >= 0.6 is 0 Å². The third-order valence-corrected chi connectivity index (χ3v) is 5.93. The SMILES string of the molecule is CCC(CC)C(CNC)Nc1ncc(C)c(-c2cnc3ccc(Nc4cncnc4)cn23)n1. The molecule has 1 atom stereocenters. The maximum absolute atomic E-state index is 4.90. The van der Waals surface area contributed by atoms with Gasteiger partial charge in [0.15, 0.2) is 0 Å². The highest BCUT2D eigenvalue weighted by Crippen LogP contribution is 2.26. The topological polar surface area (TPSA) is 105 Å². The Morgan fingerprint density at radius 1 is 0.970 bits per heavy atom. The Morgan fingerprint density at radius 2 is 1.76 bits per heavy atom. The molecule has 0 aromatic carbocycles. The minimum Gasteiger partial charge on any atom is -0.352 e. The van der Waals surface area contributed by atoms with Gasteiger partial charge in [-0.15, -0.1) is 0 Å². The molecule has 0 aliphatic carbocycles. The van der Waals surface area contributed by atoms with Crippen LogP contribution in [-0.2, 0) is 0 Å². The molecule has 4 aromatic rings. The summed E-state index contributed by atoms with van der Waals surface area (Å²) in [5, 5.41) is 10.2. The standard InChI is InChI=1S/C24H31N9/c1-5-17(6-2)20(12-25-4)31-24-29-9-16(3)23(32-24)21-13-28-22-8-7-18(14-33(21)22)30-19-10-26-15-27-11-19/h7-11,13-15,17,20,25,30H,5-6,12H2,1-4H3,(H,29,31,32). The van der Waals surface area contributed by atoms with Gasteiger partial charge in [0.1, 0.15) is 12.0 Å². The number of rotatable bonds is 10. The number of anilines is 3. The maximum Gasteiger partial charge on any atom is 0.223 e. The highest BCUT2D eigenvalue weighted by atomic mass is 15.1. The van der Waals surface area contributed by atoms with E-state index in [0.29, 0.717) is 11.9 Å². The first-order valence-corrected chi connectivity index (χ1v) is 11.4. The van der Waals surface area contributed by atoms with E-state index in [9.17, 15) is 0 Å². The van der Waals surface area contributed by atoms with Gasteiger partial charge in [0.25, 0.3) is 0 Å². The lowest BCUT2D eigenvalue weighted by molar-refractivity contribution is 0.405. The Labute approximate surface area is 194 Å². The zero-order chi connectivity index (χ0) is 23.2. The summed E-state index contributed by atoms with van der Waals surface area (Å²) in [7, 11) is 1.98. The van der Waals surface area contributed by atoms with Crippen molar-refractivity contribution < 1.29 is 0 Å². The van der Waals surface area contributed by atoms with Crippen LogP contribution in [0.2, 0.25) is 0 Å². The third kappa shape index (κ3) is 5.09. The minimum absolute atomic E-state index is 0.256. The summed E-state index contributed by atoms with van der Waals surface area (Å²) in [6.45, 7) is 7.33. The molecule has 172 valence electrons. The Morgan fingerprint density at radius 3 is 2.48 bits per heavy atom. The van der Waals surface area contributed by atoms with Crippen LogP contribution < -0.4 is 16.0 Å². The van der Waals surface area contributed by atoms with Gasteiger partial charge in [0, 0.05) is 25.0 Å². The van der Waals surface area contributed by atoms with Gasteiger partial charge in [-0.25, -0.2) is 24.9 Å². The molecule has 9 heteroatoms. The van der Waals surface area contributed by atoms with Crippen molar-refractivity contribution in [2.45, 2.75) is 39.7 Å². The highest BCUT2D eigenvalue weighted by molar-refractivity contribution is 5.67. The van der Waals surface area contributed by atoms with E-state index in [0.717, 1.165) is 53.4 Å². The van der Waals surface area contributed by atoms with Crippen molar-refractivity contribution in [2.24, 2.45) is 5.92 Å². The average molecular weight is 446 g/mol. The Hall–Kier alpha value is -3.59. The summed E-state index contributed by atoms with van der Waals surface area (Å²) in [5.74, 6) is 1.17. The van der Waals surface area contributed by atoms with Gasteiger partial charge in [-0.2, -0.15) is 0 Å². The lowest BCUT2D eigenvalue weighted by Gasteiger charge is -2.26. The number of aryl methyl sites for hydroxylation is 1. The van der Waals surface area contributed by atoms with Gasteiger partial charge in [0.05, 0.1) is 41.4 Å². The quantitative estimate of drug-likeness (QED) is 0.336. The Bertz CT molecular complexity index is 1190. The zero-order valence-electron chi connectivity index (χ0n) is 19.6. The molecule has 0 fully saturated rings. The van der Waals surface area contributed by atoms with Crippen molar-refractivity contribution in [3.63, 3.8) is 0 Å². The highest BCUT2D eigenvalue weighted by Gasteiger charge is 2.20. The third-order valence-electron chi connectivity index (χ3n) is 5.93. The normalized spacial score (nSPS) is 12.3. The molecule has 0 saturated carbocycles. The summed E-state index contributed by atoms with van der Waals surface area (Å²) < 4.78 is 2.04. The van der Waals surface area contributed by atoms with Gasteiger partial charge in [-0.05, 0) is 37.6 Å². The van der Waals surface area contributed by atoms with Crippen molar-refractivity contribution >= 4 is 23.0 Å². The van der Waals surface area contributed by atoms with Gasteiger partial charge >= 0.3 is 0 Å². The molecule has 33 heavy (non-hydrogen) atoms. The molecule has 0 spiro atoms. The van der Waals surface area contributed by atoms with Crippen LogP contribution in [0.4, 0.5) is 17.3 Å². The summed E-state index contributed by atoms with van der Waals surface area (Å²) in [6, 6.07) is 4.21. The summed E-state index contributed by atoms with van der Waals surface area (Å²) in [4.78, 5) is 22.2. The molecule has 0 saturated heterocycles. The van der Waals surface area contributed by atoms with Gasteiger partial charge in [-0.1, -0.05) is 26.7 Å². The van der Waals surface area contributed by atoms with E-state index >= 15 is 0 Å². The maximum atomic E-state index is 4.90. The van der Waals surface area contributed by atoms with Crippen LogP contribution in [0.25, 0.3) is 17.0 Å². The van der Waals surface area contributed by atoms with E-state index < -0.39 is 0 Å². The molecule has 0 radical (unpaired) electrons. The van der Waals surface area contributed by atoms with Crippen molar-refractivity contribution in [1.29, 1.82) is 0 Å². The average Bonchev–Trinajstić information content (AvgIpc) is 3.25. The lowest BCUT2D eigenvalue weighted by Crippen LogP contribution is -2.38. The van der Waals surface area contributed by atoms with Crippen LogP contribution in [-0.4, -0.2) is 49.0 Å². The second kappa shape index (κ2) is 10.4. The first kappa shape index (κ1) is 22.6. The molecule has 4 rings (SSSR count). The van der Waals surface area contributed by atoms with Gasteiger partial charge in [0.2, 0.25) is 5.95 Å². The number of pyridine rings is 1. The summed E-state index contributed by atoms with van der Waals surface area (Å²) in [5.41, 5.74) is 5.33. The van der Waals surface area contributed by atoms with Crippen LogP contribution in [0.5, 0.6) is 0 Å². The molecular formula is C24H31N9. The number of nitrogens with one attached hydrogen (secondary N) is 3. The molecule has 9 nitrogen and oxygen atoms in total. The molecule has 0 amide bonds. The smallest absolute Gasteiger partial charge is 0.223 e. The molecular weight excluding hydrogens is 414 g/mol. The van der Waals surface area contributed by atoms with E-state index in [1.54, 1.807) is 12.4 Å². The fourth-order valence-corrected chi connectivity index (χ4v) is 4.11. The van der Waals surface area contributed by atoms with Crippen molar-refractivity contribution in [3.8, 4) is 11.4 Å². The van der Waals surface area contributed by atoms with E-state index in [-0.39, 0.29) is 6.04 Å². The second-order valence-electron chi connectivity index (χ2n) is 8.15. The zero-order valence-corrected chi connectivity index (χ0v) is 19.6. The van der Waals surface area contributed by atoms with E-state index in [2.05, 4.69) is 49.7 Å². The molecule has 0 aliphatic heterocycles. The first-order chi connectivity index (χ1) is 16.1. The fourth-order valence-electron chi connectivity index (χ4n) is 4.11. The van der Waals surface area contributed by atoms with Gasteiger partial charge in [-0.3, -0.25) is 4.40 Å². The fraction of sp³-hybridized carbons (Fsp3) is 0.375. The van der Waals surface area contributed by atoms with Crippen LogP contribution in [0.1, 0.15) is 32.3 Å². The molecule has 4 aromatic heterocycles. The molecule has 1 unspecified atom stereocenters. The number of hydrogen-bond acceptors (Lipinski definition) is 8. The number of imidazole rings is 1. The van der Waals surface area contributed by atoms with Crippen LogP contribution in [0.3, 0.4) is 0 Å². The summed E-state index contributed by atoms with van der Waals surface area (Å²) >= 11 is 0. The van der Waals surface area contributed by atoms with E-state index in [4.69, 9.17) is 4.98 Å². The van der Waals surface area contributed by atoms with Crippen molar-refractivity contribution in [1.82, 2.24) is 34.6 Å². The van der Waals surface area contributed by atoms with Crippen LogP contribution in [0, 0.1) is 12.8 Å². The molecule has 0 aliphatic rings. The second-order valence-corrected chi connectivity index (χ2v) is 8.15. The Balaban J connectivity index is 1.67. The molecule has 0 bridgehead atoms. The summed E-state index contributed by atoms with van der Waals surface area (Å²) in [6.07, 6.45) is 12.9. The number of nitrogens with zero attached hydrogens (tertiary/aromatic N) is 6. The van der Waals surface area contributed by atoms with Crippen LogP contribution in [0.15, 0.2) is 49.4 Å². The van der Waals surface area contributed by atoms with Gasteiger partial charge < -0.3 is 16.0 Å². The Kier molecular flexibility index (Phi) is 7.09. The minimum atomic E-state index is 0.256. The number of aromatic nitrogens is 6. The predicted molar refractivity (Wildman–Crippen MR) is 132 cm³/mol. The molecule has 3 N–H and O–H groups in total. The predicted octanol–water partition coefficient (Wildman–Crippen LogP) is 4.07. The van der Waals surface area contributed by atoms with Crippen molar-refractivity contribution in [2.75, 3.05) is 24.2 Å². The number of hydrogen-bond donors (Lipinski definition) is 3. The number of fused-ring (bicyclic) bond motifs is 1. The van der Waals surface area contributed by atoms with Crippen molar-refractivity contribution in [3.05, 3.63) is 55.0 Å². The van der Waals surface area contributed by atoms with E-state index in [1.807, 2.05) is 49.1 Å². The lowest BCUT2D eigenvalue weighted by atomic mass is 9.94. The number of likely N-dealkylation sites (N-methyl/N-ethyl adjacent to an activating group) is 1. The largest absolute Gasteiger partial charge is 0.352 e. The monoisotopic (exact) mass is 445 g/mol. The first-order valence-electron chi connectivity index (χ1n) is 11.4. The van der Waals surface area contributed by atoms with E-state index in [1.165, 1.54) is 6.33 Å². The molecule has 4 heterocycles.